The summed E-state index contributed by atoms with van der Waals surface area (Å²) in [5.41, 5.74) is 7.74. The summed E-state index contributed by atoms with van der Waals surface area (Å²) in [4.78, 5) is 16.4. The molecule has 28 heavy (non-hydrogen) atoms. The number of carbonyl (C=O) groups is 1. The zero-order chi connectivity index (χ0) is 20.1. The number of nitrogens with one attached hydrogen (secondary N) is 1. The maximum atomic E-state index is 13.8. The number of benzene rings is 1. The van der Waals surface area contributed by atoms with Gasteiger partial charge in [-0.2, -0.15) is 0 Å². The zero-order valence-corrected chi connectivity index (χ0v) is 15.4. The first-order valence-electron chi connectivity index (χ1n) is 8.40. The van der Waals surface area contributed by atoms with E-state index in [0.717, 1.165) is 0 Å². The first-order chi connectivity index (χ1) is 13.5. The monoisotopic (exact) mass is 386 g/mol. The molecule has 0 unspecified atom stereocenters. The van der Waals surface area contributed by atoms with E-state index < -0.39 is 11.7 Å². The van der Waals surface area contributed by atoms with E-state index in [-0.39, 0.29) is 11.6 Å². The highest BCUT2D eigenvalue weighted by atomic mass is 19.1. The van der Waals surface area contributed by atoms with E-state index in [0.29, 0.717) is 41.3 Å². The van der Waals surface area contributed by atoms with Gasteiger partial charge in [-0.05, 0) is 37.3 Å². The third kappa shape index (κ3) is 4.26. The predicted octanol–water partition coefficient (Wildman–Crippen LogP) is 3.04. The second-order valence-electron chi connectivity index (χ2n) is 5.88. The van der Waals surface area contributed by atoms with Gasteiger partial charge in [0.15, 0.2) is 0 Å². The molecule has 1 amide bonds. The molecule has 0 atom stereocenters. The van der Waals surface area contributed by atoms with Gasteiger partial charge in [-0.3, -0.25) is 4.79 Å². The molecular weight excluding hydrogens is 367 g/mol. The molecule has 8 nitrogen and oxygen atoms in total. The number of halogens is 1. The molecule has 0 saturated heterocycles. The van der Waals surface area contributed by atoms with Gasteiger partial charge in [0.1, 0.15) is 41.6 Å². The Morgan fingerprint density at radius 3 is 2.75 bits per heavy atom. The van der Waals surface area contributed by atoms with Crippen molar-refractivity contribution >= 4 is 17.5 Å². The highest BCUT2D eigenvalue weighted by molar-refractivity contribution is 6.04. The molecule has 0 spiro atoms. The minimum atomic E-state index is -0.436. The van der Waals surface area contributed by atoms with Crippen molar-refractivity contribution in [2.45, 2.75) is 6.92 Å². The van der Waals surface area contributed by atoms with Crippen LogP contribution in [0.1, 0.15) is 16.1 Å². The first kappa shape index (κ1) is 19.3. The van der Waals surface area contributed by atoms with Crippen LogP contribution in [-0.2, 0) is 4.74 Å². The van der Waals surface area contributed by atoms with Gasteiger partial charge in [0.05, 0.1) is 12.3 Å². The molecule has 0 fully saturated rings. The molecule has 0 aliphatic heterocycles. The van der Waals surface area contributed by atoms with Crippen LogP contribution in [0.4, 0.5) is 16.0 Å². The lowest BCUT2D eigenvalue weighted by Gasteiger charge is -2.14. The fourth-order valence-electron chi connectivity index (χ4n) is 2.54. The van der Waals surface area contributed by atoms with Gasteiger partial charge in [-0.1, -0.05) is 5.16 Å². The van der Waals surface area contributed by atoms with Crippen molar-refractivity contribution < 1.29 is 23.2 Å². The second kappa shape index (κ2) is 8.49. The van der Waals surface area contributed by atoms with E-state index in [4.69, 9.17) is 19.7 Å². The number of methoxy groups -OCH3 is 1. The summed E-state index contributed by atoms with van der Waals surface area (Å²) in [6.07, 6.45) is 1.25. The quantitative estimate of drug-likeness (QED) is 0.600. The van der Waals surface area contributed by atoms with Crippen LogP contribution in [0.5, 0.6) is 5.75 Å². The number of hydrogen-bond donors (Lipinski definition) is 2. The fraction of sp³-hybridized carbons (Fsp3) is 0.211. The van der Waals surface area contributed by atoms with Crippen LogP contribution in [-0.4, -0.2) is 36.4 Å². The number of carbonyl (C=O) groups excluding carboxylic acids is 1. The van der Waals surface area contributed by atoms with E-state index in [9.17, 15) is 9.18 Å². The third-order valence-corrected chi connectivity index (χ3v) is 3.94. The van der Waals surface area contributed by atoms with Crippen LogP contribution in [0.25, 0.3) is 11.1 Å². The fourth-order valence-corrected chi connectivity index (χ4v) is 2.54. The molecule has 9 heteroatoms. The van der Waals surface area contributed by atoms with Crippen LogP contribution in [0.2, 0.25) is 0 Å². The number of amides is 1. The summed E-state index contributed by atoms with van der Waals surface area (Å²) in [7, 11) is 1.56. The molecule has 2 heterocycles. The minimum absolute atomic E-state index is 0.113. The van der Waals surface area contributed by atoms with Gasteiger partial charge in [0, 0.05) is 18.2 Å². The molecule has 2 aromatic heterocycles. The van der Waals surface area contributed by atoms with Gasteiger partial charge >= 0.3 is 0 Å². The van der Waals surface area contributed by atoms with Crippen molar-refractivity contribution in [3.63, 3.8) is 0 Å². The van der Waals surface area contributed by atoms with E-state index in [1.807, 2.05) is 0 Å². The number of ether oxygens (including phenoxy) is 2. The van der Waals surface area contributed by atoms with Crippen LogP contribution in [0.3, 0.4) is 0 Å². The lowest BCUT2D eigenvalue weighted by atomic mass is 10.1. The molecule has 146 valence electrons. The zero-order valence-electron chi connectivity index (χ0n) is 15.4. The first-order valence-corrected chi connectivity index (χ1v) is 8.40. The number of aryl methyl sites for hydroxylation is 1. The summed E-state index contributed by atoms with van der Waals surface area (Å²) in [5, 5.41) is 6.28. The lowest BCUT2D eigenvalue weighted by molar-refractivity contribution is 0.102. The summed E-state index contributed by atoms with van der Waals surface area (Å²) in [5.74, 6) is -0.0579. The normalized spacial score (nSPS) is 10.7. The largest absolute Gasteiger partial charge is 0.491 e. The van der Waals surface area contributed by atoms with E-state index >= 15 is 0 Å². The average Bonchev–Trinajstić information content (AvgIpc) is 3.09. The van der Waals surface area contributed by atoms with Crippen molar-refractivity contribution in [2.24, 2.45) is 0 Å². The Balaban J connectivity index is 1.85. The van der Waals surface area contributed by atoms with Crippen LogP contribution < -0.4 is 15.8 Å². The molecule has 0 aliphatic carbocycles. The summed E-state index contributed by atoms with van der Waals surface area (Å²) < 4.78 is 29.1. The molecule has 0 radical (unpaired) electrons. The number of rotatable bonds is 7. The van der Waals surface area contributed by atoms with Crippen LogP contribution in [0, 0.1) is 12.7 Å². The van der Waals surface area contributed by atoms with E-state index in [1.54, 1.807) is 26.2 Å². The van der Waals surface area contributed by atoms with Gasteiger partial charge < -0.3 is 25.0 Å². The van der Waals surface area contributed by atoms with E-state index in [1.165, 1.54) is 24.5 Å². The Morgan fingerprint density at radius 1 is 1.25 bits per heavy atom. The molecule has 3 aromatic rings. The summed E-state index contributed by atoms with van der Waals surface area (Å²) in [6, 6.07) is 7.33. The van der Waals surface area contributed by atoms with Gasteiger partial charge in [0.25, 0.3) is 5.91 Å². The number of nitrogen functional groups attached to an aromatic ring is 1. The SMILES string of the molecule is COCCOc1ccc(F)cc1-c1ccc(NC(=O)c2conc2C)nc1N. The van der Waals surface area contributed by atoms with Crippen molar-refractivity contribution in [1.29, 1.82) is 0 Å². The summed E-state index contributed by atoms with van der Waals surface area (Å²) >= 11 is 0. The van der Waals surface area contributed by atoms with Crippen molar-refractivity contribution in [3.05, 3.63) is 53.7 Å². The van der Waals surface area contributed by atoms with Gasteiger partial charge in [-0.15, -0.1) is 0 Å². The van der Waals surface area contributed by atoms with Crippen molar-refractivity contribution in [3.8, 4) is 16.9 Å². The lowest BCUT2D eigenvalue weighted by Crippen LogP contribution is -2.14. The maximum Gasteiger partial charge on any atom is 0.262 e. The highest BCUT2D eigenvalue weighted by Crippen LogP contribution is 2.34. The minimum Gasteiger partial charge on any atom is -0.491 e. The van der Waals surface area contributed by atoms with Crippen LogP contribution in [0.15, 0.2) is 41.1 Å². The third-order valence-electron chi connectivity index (χ3n) is 3.94. The number of hydrogen-bond acceptors (Lipinski definition) is 7. The number of aromatic nitrogens is 2. The number of nitrogens with zero attached hydrogens (tertiary/aromatic N) is 2. The van der Waals surface area contributed by atoms with Crippen molar-refractivity contribution in [2.75, 3.05) is 31.4 Å². The number of nitrogens with two attached hydrogens (primary N) is 1. The Morgan fingerprint density at radius 2 is 2.07 bits per heavy atom. The highest BCUT2D eigenvalue weighted by Gasteiger charge is 2.16. The molecular formula is C19H19FN4O4. The Bertz CT molecular complexity index is 990. The average molecular weight is 386 g/mol. The molecule has 3 rings (SSSR count). The maximum absolute atomic E-state index is 13.8. The number of pyridine rings is 1. The summed E-state index contributed by atoms with van der Waals surface area (Å²) in [6.45, 7) is 2.34. The van der Waals surface area contributed by atoms with Gasteiger partial charge in [0.2, 0.25) is 0 Å². The molecule has 0 bridgehead atoms. The molecule has 3 N–H and O–H groups in total. The Labute approximate surface area is 160 Å². The Kier molecular flexibility index (Phi) is 5.85. The molecule has 0 aliphatic rings. The predicted molar refractivity (Wildman–Crippen MR) is 101 cm³/mol. The standard InChI is InChI=1S/C19H19FN4O4/c1-11-15(10-28-24-11)19(25)23-17-6-4-13(18(21)22-17)14-9-12(20)3-5-16(14)27-8-7-26-2/h3-6,9-10H,7-8H2,1-2H3,(H3,21,22,23,25). The van der Waals surface area contributed by atoms with Crippen molar-refractivity contribution in [1.82, 2.24) is 10.1 Å². The Hall–Kier alpha value is -3.46. The van der Waals surface area contributed by atoms with E-state index in [2.05, 4.69) is 15.5 Å². The van der Waals surface area contributed by atoms with Gasteiger partial charge in [-0.25, -0.2) is 9.37 Å². The smallest absolute Gasteiger partial charge is 0.262 e. The molecule has 1 aromatic carbocycles. The topological polar surface area (TPSA) is 112 Å². The molecule has 0 saturated carbocycles. The second-order valence-corrected chi connectivity index (χ2v) is 5.88. The number of anilines is 2. The van der Waals surface area contributed by atoms with Crippen LogP contribution >= 0.6 is 0 Å².